The van der Waals surface area contributed by atoms with E-state index in [0.29, 0.717) is 13.0 Å². The van der Waals surface area contributed by atoms with E-state index in [1.807, 2.05) is 13.8 Å². The number of likely N-dealkylation sites (N-methyl/N-ethyl adjacent to an activating group) is 1. The summed E-state index contributed by atoms with van der Waals surface area (Å²) in [6.07, 6.45) is 0.524. The van der Waals surface area contributed by atoms with Crippen molar-refractivity contribution in [3.63, 3.8) is 0 Å². The molecule has 0 aliphatic rings. The molecule has 0 aromatic heterocycles. The molecule has 0 radical (unpaired) electrons. The van der Waals surface area contributed by atoms with Crippen molar-refractivity contribution in [1.82, 2.24) is 10.6 Å². The van der Waals surface area contributed by atoms with Crippen LogP contribution in [-0.4, -0.2) is 39.2 Å². The highest BCUT2D eigenvalue weighted by Gasteiger charge is 2.21. The normalized spacial score (nSPS) is 12.9. The van der Waals surface area contributed by atoms with Crippen LogP contribution in [0.25, 0.3) is 0 Å². The molecule has 118 valence electrons. The Hall–Kier alpha value is -1.40. The van der Waals surface area contributed by atoms with Gasteiger partial charge in [0, 0.05) is 12.6 Å². The quantitative estimate of drug-likeness (QED) is 0.764. The second kappa shape index (κ2) is 8.14. The maximum absolute atomic E-state index is 12.2. The number of benzene rings is 1. The third-order valence-electron chi connectivity index (χ3n) is 3.06. The van der Waals surface area contributed by atoms with E-state index in [1.165, 1.54) is 6.07 Å². The molecule has 6 heteroatoms. The van der Waals surface area contributed by atoms with Gasteiger partial charge >= 0.3 is 0 Å². The molecule has 0 saturated heterocycles. The summed E-state index contributed by atoms with van der Waals surface area (Å²) >= 11 is 0. The molecule has 1 atom stereocenters. The fourth-order valence-corrected chi connectivity index (χ4v) is 3.60. The van der Waals surface area contributed by atoms with Crippen molar-refractivity contribution in [2.24, 2.45) is 0 Å². The average molecular weight is 312 g/mol. The van der Waals surface area contributed by atoms with Crippen molar-refractivity contribution in [3.05, 3.63) is 29.8 Å². The lowest BCUT2D eigenvalue weighted by Crippen LogP contribution is -2.39. The van der Waals surface area contributed by atoms with Crippen LogP contribution in [0.3, 0.4) is 0 Å². The van der Waals surface area contributed by atoms with Gasteiger partial charge in [-0.05, 0) is 32.0 Å². The Balaban J connectivity index is 2.91. The highest BCUT2D eigenvalue weighted by Crippen LogP contribution is 2.17. The van der Waals surface area contributed by atoms with Gasteiger partial charge in [0.05, 0.1) is 16.2 Å². The van der Waals surface area contributed by atoms with Crippen molar-refractivity contribution in [2.75, 3.05) is 18.8 Å². The fourth-order valence-electron chi connectivity index (χ4n) is 2.07. The zero-order valence-electron chi connectivity index (χ0n) is 12.8. The van der Waals surface area contributed by atoms with Crippen LogP contribution in [0.5, 0.6) is 0 Å². The average Bonchev–Trinajstić information content (AvgIpc) is 2.45. The van der Waals surface area contributed by atoms with Gasteiger partial charge in [-0.25, -0.2) is 8.42 Å². The number of rotatable bonds is 8. The van der Waals surface area contributed by atoms with Gasteiger partial charge in [0.15, 0.2) is 9.84 Å². The SMILES string of the molecule is CCCS(=O)(=O)c1ccccc1C(=O)NC[C@@H](C)NCC. The lowest BCUT2D eigenvalue weighted by molar-refractivity contribution is 0.0947. The number of amides is 1. The summed E-state index contributed by atoms with van der Waals surface area (Å²) in [6, 6.07) is 6.50. The van der Waals surface area contributed by atoms with Crippen molar-refractivity contribution in [2.45, 2.75) is 38.1 Å². The van der Waals surface area contributed by atoms with Crippen LogP contribution in [0.2, 0.25) is 0 Å². The van der Waals surface area contributed by atoms with Gasteiger partial charge < -0.3 is 10.6 Å². The maximum atomic E-state index is 12.2. The van der Waals surface area contributed by atoms with Crippen LogP contribution < -0.4 is 10.6 Å². The minimum absolute atomic E-state index is 0.0467. The first-order chi connectivity index (χ1) is 9.92. The predicted molar refractivity (Wildman–Crippen MR) is 84.3 cm³/mol. The smallest absolute Gasteiger partial charge is 0.252 e. The molecule has 0 aliphatic heterocycles. The van der Waals surface area contributed by atoms with Gasteiger partial charge in [-0.2, -0.15) is 0 Å². The van der Waals surface area contributed by atoms with Crippen LogP contribution in [0.4, 0.5) is 0 Å². The van der Waals surface area contributed by atoms with E-state index < -0.39 is 9.84 Å². The minimum Gasteiger partial charge on any atom is -0.350 e. The second-order valence-corrected chi connectivity index (χ2v) is 7.06. The molecular weight excluding hydrogens is 288 g/mol. The Morgan fingerprint density at radius 1 is 1.24 bits per heavy atom. The fraction of sp³-hybridized carbons (Fsp3) is 0.533. The topological polar surface area (TPSA) is 75.3 Å². The highest BCUT2D eigenvalue weighted by atomic mass is 32.2. The van der Waals surface area contributed by atoms with Crippen LogP contribution in [-0.2, 0) is 9.84 Å². The summed E-state index contributed by atoms with van der Waals surface area (Å²) < 4.78 is 24.4. The Bertz CT molecular complexity index is 570. The predicted octanol–water partition coefficient (Wildman–Crippen LogP) is 1.60. The lowest BCUT2D eigenvalue weighted by Gasteiger charge is -2.14. The standard InChI is InChI=1S/C15H24N2O3S/c1-4-10-21(19,20)14-9-7-6-8-13(14)15(18)17-11-12(3)16-5-2/h6-9,12,16H,4-5,10-11H2,1-3H3,(H,17,18)/t12-/m1/s1. The molecular formula is C15H24N2O3S. The molecule has 1 rings (SSSR count). The summed E-state index contributed by atoms with van der Waals surface area (Å²) in [7, 11) is -3.41. The number of carbonyl (C=O) groups excluding carboxylic acids is 1. The summed E-state index contributed by atoms with van der Waals surface area (Å²) in [5.41, 5.74) is 0.217. The van der Waals surface area contributed by atoms with Crippen molar-refractivity contribution in [1.29, 1.82) is 0 Å². The highest BCUT2D eigenvalue weighted by molar-refractivity contribution is 7.91. The zero-order chi connectivity index (χ0) is 15.9. The number of hydrogen-bond acceptors (Lipinski definition) is 4. The first-order valence-electron chi connectivity index (χ1n) is 7.25. The second-order valence-electron chi connectivity index (χ2n) is 4.98. The molecule has 0 fully saturated rings. The molecule has 0 bridgehead atoms. The van der Waals surface area contributed by atoms with E-state index in [2.05, 4.69) is 10.6 Å². The van der Waals surface area contributed by atoms with Crippen molar-refractivity contribution in [3.8, 4) is 0 Å². The lowest BCUT2D eigenvalue weighted by atomic mass is 10.2. The molecule has 5 nitrogen and oxygen atoms in total. The Labute approximate surface area is 127 Å². The monoisotopic (exact) mass is 312 g/mol. The first-order valence-corrected chi connectivity index (χ1v) is 8.91. The van der Waals surface area contributed by atoms with Gasteiger partial charge in [0.1, 0.15) is 0 Å². The van der Waals surface area contributed by atoms with Crippen LogP contribution in [0.15, 0.2) is 29.2 Å². The Morgan fingerprint density at radius 2 is 1.90 bits per heavy atom. The van der Waals surface area contributed by atoms with Gasteiger partial charge in [0.2, 0.25) is 0 Å². The molecule has 0 saturated carbocycles. The number of carbonyl (C=O) groups is 1. The molecule has 1 aromatic rings. The van der Waals surface area contributed by atoms with E-state index in [9.17, 15) is 13.2 Å². The van der Waals surface area contributed by atoms with E-state index >= 15 is 0 Å². The maximum Gasteiger partial charge on any atom is 0.252 e. The van der Waals surface area contributed by atoms with Crippen LogP contribution >= 0.6 is 0 Å². The third-order valence-corrected chi connectivity index (χ3v) is 5.03. The number of sulfone groups is 1. The van der Waals surface area contributed by atoms with Gasteiger partial charge in [-0.3, -0.25) is 4.79 Å². The van der Waals surface area contributed by atoms with E-state index in [4.69, 9.17) is 0 Å². The molecule has 0 heterocycles. The van der Waals surface area contributed by atoms with E-state index in [1.54, 1.807) is 25.1 Å². The molecule has 2 N–H and O–H groups in total. The third kappa shape index (κ3) is 5.13. The molecule has 1 amide bonds. The van der Waals surface area contributed by atoms with Gasteiger partial charge in [0.25, 0.3) is 5.91 Å². The summed E-state index contributed by atoms with van der Waals surface area (Å²) in [6.45, 7) is 7.03. The van der Waals surface area contributed by atoms with Crippen LogP contribution in [0, 0.1) is 0 Å². The Kier molecular flexibility index (Phi) is 6.84. The number of hydrogen-bond donors (Lipinski definition) is 2. The Morgan fingerprint density at radius 3 is 2.52 bits per heavy atom. The molecule has 0 spiro atoms. The largest absolute Gasteiger partial charge is 0.350 e. The molecule has 0 unspecified atom stereocenters. The minimum atomic E-state index is -3.41. The zero-order valence-corrected chi connectivity index (χ0v) is 13.7. The summed E-state index contributed by atoms with van der Waals surface area (Å²) in [4.78, 5) is 12.3. The van der Waals surface area contributed by atoms with E-state index in [0.717, 1.165) is 6.54 Å². The number of nitrogens with one attached hydrogen (secondary N) is 2. The van der Waals surface area contributed by atoms with E-state index in [-0.39, 0.29) is 28.2 Å². The van der Waals surface area contributed by atoms with Crippen molar-refractivity contribution >= 4 is 15.7 Å². The van der Waals surface area contributed by atoms with Gasteiger partial charge in [-0.1, -0.05) is 26.0 Å². The molecule has 1 aromatic carbocycles. The van der Waals surface area contributed by atoms with Crippen LogP contribution in [0.1, 0.15) is 37.6 Å². The van der Waals surface area contributed by atoms with Gasteiger partial charge in [-0.15, -0.1) is 0 Å². The summed E-state index contributed by atoms with van der Waals surface area (Å²) in [5, 5.41) is 5.96. The molecule has 21 heavy (non-hydrogen) atoms. The first kappa shape index (κ1) is 17.7. The molecule has 0 aliphatic carbocycles. The van der Waals surface area contributed by atoms with Crippen molar-refractivity contribution < 1.29 is 13.2 Å². The summed E-state index contributed by atoms with van der Waals surface area (Å²) in [5.74, 6) is -0.305.